The zero-order valence-electron chi connectivity index (χ0n) is 18.1. The summed E-state index contributed by atoms with van der Waals surface area (Å²) in [6.07, 6.45) is 0. The van der Waals surface area contributed by atoms with Crippen LogP contribution in [0.25, 0.3) is 22.3 Å². The summed E-state index contributed by atoms with van der Waals surface area (Å²) >= 11 is 0. The van der Waals surface area contributed by atoms with E-state index >= 15 is 0 Å². The molecule has 0 unspecified atom stereocenters. The van der Waals surface area contributed by atoms with E-state index in [4.69, 9.17) is 13.9 Å². The van der Waals surface area contributed by atoms with Gasteiger partial charge in [0.25, 0.3) is 0 Å². The van der Waals surface area contributed by atoms with Crippen molar-refractivity contribution in [2.24, 2.45) is 0 Å². The van der Waals surface area contributed by atoms with Crippen LogP contribution in [0.3, 0.4) is 0 Å². The van der Waals surface area contributed by atoms with Crippen LogP contribution < -0.4 is 4.74 Å². The van der Waals surface area contributed by atoms with Crippen LogP contribution in [0.5, 0.6) is 5.75 Å². The Balaban J connectivity index is 1.42. The molecule has 1 fully saturated rings. The highest BCUT2D eigenvalue weighted by Crippen LogP contribution is 2.39. The SMILES string of the molecule is O=S(=O)(c1ccc(OCCN2CCOCC2)cc1)c1c(-c2ccccc2)oc2ccccc12. The molecule has 33 heavy (non-hydrogen) atoms. The second-order valence-electron chi connectivity index (χ2n) is 7.90. The summed E-state index contributed by atoms with van der Waals surface area (Å²) in [6, 6.07) is 23.1. The number of sulfone groups is 1. The lowest BCUT2D eigenvalue weighted by molar-refractivity contribution is 0.0322. The van der Waals surface area contributed by atoms with Crippen molar-refractivity contribution in [3.05, 3.63) is 78.9 Å². The molecule has 0 amide bonds. The predicted octanol–water partition coefficient (Wildman–Crippen LogP) is 4.64. The Morgan fingerprint density at radius 2 is 1.55 bits per heavy atom. The van der Waals surface area contributed by atoms with Gasteiger partial charge < -0.3 is 13.9 Å². The van der Waals surface area contributed by atoms with E-state index in [1.165, 1.54) is 0 Å². The fourth-order valence-corrected chi connectivity index (χ4v) is 5.61. The van der Waals surface area contributed by atoms with Crippen LogP contribution >= 0.6 is 0 Å². The Bertz CT molecular complexity index is 1320. The molecule has 0 radical (unpaired) electrons. The van der Waals surface area contributed by atoms with E-state index in [0.717, 1.165) is 38.4 Å². The van der Waals surface area contributed by atoms with E-state index in [-0.39, 0.29) is 9.79 Å². The third kappa shape index (κ3) is 4.53. The average Bonchev–Trinajstić information content (AvgIpc) is 3.26. The monoisotopic (exact) mass is 463 g/mol. The summed E-state index contributed by atoms with van der Waals surface area (Å²) in [4.78, 5) is 2.68. The Morgan fingerprint density at radius 3 is 2.30 bits per heavy atom. The minimum Gasteiger partial charge on any atom is -0.492 e. The lowest BCUT2D eigenvalue weighted by Gasteiger charge is -2.26. The highest BCUT2D eigenvalue weighted by atomic mass is 32.2. The minimum atomic E-state index is -3.83. The maximum atomic E-state index is 13.7. The van der Waals surface area contributed by atoms with Crippen LogP contribution in [0.15, 0.2) is 93.1 Å². The molecular formula is C26H25NO5S. The summed E-state index contributed by atoms with van der Waals surface area (Å²) in [5.41, 5.74) is 1.26. The maximum absolute atomic E-state index is 13.7. The van der Waals surface area contributed by atoms with Crippen molar-refractivity contribution in [3.63, 3.8) is 0 Å². The van der Waals surface area contributed by atoms with Gasteiger partial charge in [0, 0.05) is 30.6 Å². The molecule has 1 aliphatic heterocycles. The van der Waals surface area contributed by atoms with Gasteiger partial charge in [-0.25, -0.2) is 8.42 Å². The molecule has 1 saturated heterocycles. The first-order chi connectivity index (χ1) is 16.1. The zero-order valence-corrected chi connectivity index (χ0v) is 19.0. The topological polar surface area (TPSA) is 69.0 Å². The molecule has 2 heterocycles. The fourth-order valence-electron chi connectivity index (χ4n) is 4.02. The van der Waals surface area contributed by atoms with Crippen LogP contribution in [0.2, 0.25) is 0 Å². The highest BCUT2D eigenvalue weighted by molar-refractivity contribution is 7.91. The number of hydrogen-bond donors (Lipinski definition) is 0. The first kappa shape index (κ1) is 21.7. The smallest absolute Gasteiger partial charge is 0.211 e. The first-order valence-electron chi connectivity index (χ1n) is 11.0. The van der Waals surface area contributed by atoms with Gasteiger partial charge in [-0.2, -0.15) is 0 Å². The number of para-hydroxylation sites is 1. The highest BCUT2D eigenvalue weighted by Gasteiger charge is 2.28. The predicted molar refractivity (Wildman–Crippen MR) is 126 cm³/mol. The minimum absolute atomic E-state index is 0.185. The normalized spacial score (nSPS) is 15.0. The van der Waals surface area contributed by atoms with Gasteiger partial charge in [0.05, 0.1) is 18.1 Å². The van der Waals surface area contributed by atoms with E-state index in [9.17, 15) is 8.42 Å². The van der Waals surface area contributed by atoms with Crippen LogP contribution in [0.1, 0.15) is 0 Å². The van der Waals surface area contributed by atoms with E-state index in [2.05, 4.69) is 4.90 Å². The number of hydrogen-bond acceptors (Lipinski definition) is 6. The zero-order chi connectivity index (χ0) is 22.7. The van der Waals surface area contributed by atoms with Crippen LogP contribution in [0.4, 0.5) is 0 Å². The Hall–Kier alpha value is -3.13. The molecule has 0 N–H and O–H groups in total. The lowest BCUT2D eigenvalue weighted by Crippen LogP contribution is -2.38. The number of morpholine rings is 1. The van der Waals surface area contributed by atoms with E-state index < -0.39 is 9.84 Å². The average molecular weight is 464 g/mol. The van der Waals surface area contributed by atoms with Gasteiger partial charge in [-0.05, 0) is 36.4 Å². The second-order valence-corrected chi connectivity index (χ2v) is 9.79. The summed E-state index contributed by atoms with van der Waals surface area (Å²) in [7, 11) is -3.83. The van der Waals surface area contributed by atoms with Gasteiger partial charge in [0.15, 0.2) is 5.76 Å². The maximum Gasteiger partial charge on any atom is 0.211 e. The van der Waals surface area contributed by atoms with E-state index in [1.807, 2.05) is 42.5 Å². The second kappa shape index (κ2) is 9.39. The van der Waals surface area contributed by atoms with Gasteiger partial charge in [-0.1, -0.05) is 42.5 Å². The van der Waals surface area contributed by atoms with Crippen LogP contribution in [-0.4, -0.2) is 52.8 Å². The molecule has 1 aromatic heterocycles. The number of nitrogens with zero attached hydrogens (tertiary/aromatic N) is 1. The molecule has 0 atom stereocenters. The third-order valence-corrected chi connectivity index (χ3v) is 7.60. The summed E-state index contributed by atoms with van der Waals surface area (Å²) in [5.74, 6) is 0.991. The molecule has 4 aromatic rings. The van der Waals surface area contributed by atoms with Crippen molar-refractivity contribution >= 4 is 20.8 Å². The van der Waals surface area contributed by atoms with Gasteiger partial charge in [-0.15, -0.1) is 0 Å². The number of fused-ring (bicyclic) bond motifs is 1. The number of furan rings is 1. The summed E-state index contributed by atoms with van der Waals surface area (Å²) < 4.78 is 44.6. The van der Waals surface area contributed by atoms with Crippen LogP contribution in [0, 0.1) is 0 Å². The molecule has 0 aliphatic carbocycles. The largest absolute Gasteiger partial charge is 0.492 e. The van der Waals surface area contributed by atoms with Gasteiger partial charge in [0.2, 0.25) is 9.84 Å². The van der Waals surface area contributed by atoms with Crippen molar-refractivity contribution < 1.29 is 22.3 Å². The number of ether oxygens (including phenoxy) is 2. The van der Waals surface area contributed by atoms with Gasteiger partial charge >= 0.3 is 0 Å². The molecule has 170 valence electrons. The molecule has 1 aliphatic rings. The number of benzene rings is 3. The first-order valence-corrected chi connectivity index (χ1v) is 12.5. The Kier molecular flexibility index (Phi) is 6.17. The van der Waals surface area contributed by atoms with Crippen molar-refractivity contribution in [1.29, 1.82) is 0 Å². The molecule has 0 spiro atoms. The molecule has 7 heteroatoms. The molecule has 0 bridgehead atoms. The van der Waals surface area contributed by atoms with Crippen LogP contribution in [-0.2, 0) is 14.6 Å². The molecule has 3 aromatic carbocycles. The number of rotatable bonds is 7. The molecular weight excluding hydrogens is 438 g/mol. The molecule has 0 saturated carbocycles. The molecule has 6 nitrogen and oxygen atoms in total. The van der Waals surface area contributed by atoms with E-state index in [0.29, 0.717) is 29.1 Å². The van der Waals surface area contributed by atoms with Crippen molar-refractivity contribution in [2.45, 2.75) is 9.79 Å². The summed E-state index contributed by atoms with van der Waals surface area (Å²) in [5, 5.41) is 0.571. The van der Waals surface area contributed by atoms with Crippen molar-refractivity contribution in [2.75, 3.05) is 39.5 Å². The van der Waals surface area contributed by atoms with Gasteiger partial charge in [0.1, 0.15) is 22.8 Å². The van der Waals surface area contributed by atoms with Gasteiger partial charge in [-0.3, -0.25) is 4.90 Å². The standard InChI is InChI=1S/C26H25NO5S/c28-33(29,22-12-10-21(11-13-22)31-19-16-27-14-17-30-18-15-27)26-23-8-4-5-9-24(23)32-25(26)20-6-2-1-3-7-20/h1-13H,14-19H2. The fraction of sp³-hybridized carbons (Fsp3) is 0.231. The Labute approximate surface area is 193 Å². The Morgan fingerprint density at radius 1 is 0.848 bits per heavy atom. The summed E-state index contributed by atoms with van der Waals surface area (Å²) in [6.45, 7) is 4.66. The third-order valence-electron chi connectivity index (χ3n) is 5.77. The quantitative estimate of drug-likeness (QED) is 0.398. The lowest BCUT2D eigenvalue weighted by atomic mass is 10.1. The van der Waals surface area contributed by atoms with Crippen molar-refractivity contribution in [1.82, 2.24) is 4.90 Å². The van der Waals surface area contributed by atoms with Crippen molar-refractivity contribution in [3.8, 4) is 17.1 Å². The van der Waals surface area contributed by atoms with E-state index in [1.54, 1.807) is 36.4 Å². The molecule has 5 rings (SSSR count).